The SMILES string of the molecule is CCOC(=O)c1cnn(-c2cccn3c(=O)ccc(Cl)c23)c1C(F)(F)F. The van der Waals surface area contributed by atoms with Crippen molar-refractivity contribution in [3.63, 3.8) is 0 Å². The number of hydrogen-bond donors (Lipinski definition) is 0. The Bertz CT molecular complexity index is 1060. The van der Waals surface area contributed by atoms with E-state index in [1.807, 2.05) is 0 Å². The first-order valence-electron chi connectivity index (χ1n) is 7.38. The van der Waals surface area contributed by atoms with Gasteiger partial charge in [-0.1, -0.05) is 11.6 Å². The molecule has 0 aliphatic carbocycles. The topological polar surface area (TPSA) is 65.6 Å². The van der Waals surface area contributed by atoms with Gasteiger partial charge in [0.05, 0.1) is 29.0 Å². The Morgan fingerprint density at radius 2 is 2.04 bits per heavy atom. The van der Waals surface area contributed by atoms with Gasteiger partial charge in [0, 0.05) is 12.3 Å². The molecule has 3 heterocycles. The molecule has 10 heteroatoms. The summed E-state index contributed by atoms with van der Waals surface area (Å²) in [4.78, 5) is 23.9. The van der Waals surface area contributed by atoms with Crippen molar-refractivity contribution in [2.24, 2.45) is 0 Å². The van der Waals surface area contributed by atoms with Gasteiger partial charge in [-0.05, 0) is 25.1 Å². The third-order valence-corrected chi connectivity index (χ3v) is 3.87. The molecular weight excluding hydrogens is 375 g/mol. The average molecular weight is 386 g/mol. The van der Waals surface area contributed by atoms with E-state index in [0.717, 1.165) is 10.6 Å². The molecule has 0 fully saturated rings. The van der Waals surface area contributed by atoms with Crippen LogP contribution in [-0.2, 0) is 10.9 Å². The zero-order valence-corrected chi connectivity index (χ0v) is 14.0. The molecule has 6 nitrogen and oxygen atoms in total. The van der Waals surface area contributed by atoms with Crippen molar-refractivity contribution >= 4 is 23.1 Å². The standard InChI is InChI=1S/C16H11ClF3N3O3/c1-2-26-15(25)9-8-21-23(14(9)16(18,19)20)11-4-3-7-22-12(24)6-5-10(17)13(11)22/h3-8H,2H2,1H3. The molecule has 0 aliphatic rings. The first-order valence-corrected chi connectivity index (χ1v) is 7.76. The van der Waals surface area contributed by atoms with Gasteiger partial charge in [-0.25, -0.2) is 9.48 Å². The molecule has 3 rings (SSSR count). The van der Waals surface area contributed by atoms with Crippen molar-refractivity contribution in [1.29, 1.82) is 0 Å². The lowest BCUT2D eigenvalue weighted by Crippen LogP contribution is -2.20. The molecule has 26 heavy (non-hydrogen) atoms. The maximum Gasteiger partial charge on any atom is 0.434 e. The minimum Gasteiger partial charge on any atom is -0.462 e. The van der Waals surface area contributed by atoms with Gasteiger partial charge in [0.1, 0.15) is 5.56 Å². The van der Waals surface area contributed by atoms with Gasteiger partial charge in [0.25, 0.3) is 5.56 Å². The summed E-state index contributed by atoms with van der Waals surface area (Å²) in [5.74, 6) is -1.14. The molecule has 0 unspecified atom stereocenters. The number of hydrogen-bond acceptors (Lipinski definition) is 4. The number of nitrogens with zero attached hydrogens (tertiary/aromatic N) is 3. The second-order valence-electron chi connectivity index (χ2n) is 5.17. The van der Waals surface area contributed by atoms with Crippen LogP contribution in [0.3, 0.4) is 0 Å². The van der Waals surface area contributed by atoms with Crippen LogP contribution >= 0.6 is 11.6 Å². The van der Waals surface area contributed by atoms with Crippen molar-refractivity contribution in [3.05, 3.63) is 63.3 Å². The van der Waals surface area contributed by atoms with Crippen LogP contribution in [0.5, 0.6) is 0 Å². The molecule has 0 spiro atoms. The van der Waals surface area contributed by atoms with Crippen LogP contribution in [0.25, 0.3) is 11.2 Å². The lowest BCUT2D eigenvalue weighted by Gasteiger charge is -2.15. The van der Waals surface area contributed by atoms with Gasteiger partial charge in [-0.2, -0.15) is 18.3 Å². The van der Waals surface area contributed by atoms with Gasteiger partial charge < -0.3 is 4.74 Å². The third kappa shape index (κ3) is 2.94. The van der Waals surface area contributed by atoms with E-state index < -0.39 is 29.0 Å². The Morgan fingerprint density at radius 1 is 1.31 bits per heavy atom. The number of pyridine rings is 2. The molecule has 0 aliphatic heterocycles. The number of alkyl halides is 3. The zero-order chi connectivity index (χ0) is 19.1. The Hall–Kier alpha value is -2.81. The third-order valence-electron chi connectivity index (χ3n) is 3.57. The largest absolute Gasteiger partial charge is 0.462 e. The molecule has 0 amide bonds. The van der Waals surface area contributed by atoms with Crippen molar-refractivity contribution in [3.8, 4) is 5.69 Å². The minimum absolute atomic E-state index is 0.0330. The van der Waals surface area contributed by atoms with Gasteiger partial charge in [-0.15, -0.1) is 0 Å². The summed E-state index contributed by atoms with van der Waals surface area (Å²) < 4.78 is 47.2. The molecule has 3 aromatic heterocycles. The fourth-order valence-electron chi connectivity index (χ4n) is 2.55. The highest BCUT2D eigenvalue weighted by Crippen LogP contribution is 2.35. The summed E-state index contributed by atoms with van der Waals surface area (Å²) in [5, 5.41) is 3.76. The van der Waals surface area contributed by atoms with E-state index in [4.69, 9.17) is 11.6 Å². The maximum absolute atomic E-state index is 13.6. The summed E-state index contributed by atoms with van der Waals surface area (Å²) >= 11 is 6.10. The number of aromatic nitrogens is 3. The molecule has 0 atom stereocenters. The number of esters is 1. The van der Waals surface area contributed by atoms with Crippen LogP contribution in [0.2, 0.25) is 5.02 Å². The van der Waals surface area contributed by atoms with Gasteiger partial charge in [0.2, 0.25) is 0 Å². The predicted molar refractivity (Wildman–Crippen MR) is 86.8 cm³/mol. The van der Waals surface area contributed by atoms with Crippen LogP contribution in [-0.4, -0.2) is 26.8 Å². The van der Waals surface area contributed by atoms with E-state index in [0.29, 0.717) is 4.68 Å². The summed E-state index contributed by atoms with van der Waals surface area (Å²) in [6.45, 7) is 1.39. The molecule has 0 N–H and O–H groups in total. The van der Waals surface area contributed by atoms with Crippen molar-refractivity contribution in [2.45, 2.75) is 13.1 Å². The zero-order valence-electron chi connectivity index (χ0n) is 13.2. The van der Waals surface area contributed by atoms with Crippen LogP contribution < -0.4 is 5.56 Å². The van der Waals surface area contributed by atoms with Crippen LogP contribution in [0, 0.1) is 0 Å². The molecule has 0 saturated heterocycles. The Kier molecular flexibility index (Phi) is 4.49. The molecule has 136 valence electrons. The highest BCUT2D eigenvalue weighted by atomic mass is 35.5. The quantitative estimate of drug-likeness (QED) is 0.649. The monoisotopic (exact) mass is 385 g/mol. The van der Waals surface area contributed by atoms with E-state index in [9.17, 15) is 22.8 Å². The number of carbonyl (C=O) groups is 1. The maximum atomic E-state index is 13.6. The van der Waals surface area contributed by atoms with Crippen LogP contribution in [0.1, 0.15) is 23.0 Å². The smallest absolute Gasteiger partial charge is 0.434 e. The van der Waals surface area contributed by atoms with E-state index >= 15 is 0 Å². The molecule has 3 aromatic rings. The van der Waals surface area contributed by atoms with Crippen LogP contribution in [0.15, 0.2) is 41.5 Å². The lowest BCUT2D eigenvalue weighted by atomic mass is 10.2. The second-order valence-corrected chi connectivity index (χ2v) is 5.58. The summed E-state index contributed by atoms with van der Waals surface area (Å²) in [7, 11) is 0. The van der Waals surface area contributed by atoms with Gasteiger partial charge in [-0.3, -0.25) is 9.20 Å². The molecular formula is C16H11ClF3N3O3. The Morgan fingerprint density at radius 3 is 2.69 bits per heavy atom. The number of rotatable bonds is 3. The van der Waals surface area contributed by atoms with Crippen molar-refractivity contribution in [2.75, 3.05) is 6.61 Å². The van der Waals surface area contributed by atoms with Gasteiger partial charge in [0.15, 0.2) is 5.69 Å². The molecule has 0 bridgehead atoms. The Labute approximate surface area is 149 Å². The summed E-state index contributed by atoms with van der Waals surface area (Å²) in [6.07, 6.45) is -2.75. The predicted octanol–water partition coefficient (Wildman–Crippen LogP) is 3.33. The molecule has 0 radical (unpaired) electrons. The van der Waals surface area contributed by atoms with Crippen LogP contribution in [0.4, 0.5) is 13.2 Å². The fraction of sp³-hybridized carbons (Fsp3) is 0.188. The van der Waals surface area contributed by atoms with Gasteiger partial charge >= 0.3 is 12.1 Å². The van der Waals surface area contributed by atoms with Crippen molar-refractivity contribution < 1.29 is 22.7 Å². The average Bonchev–Trinajstić information content (AvgIpc) is 3.03. The van der Waals surface area contributed by atoms with E-state index in [1.165, 1.54) is 37.4 Å². The molecule has 0 aromatic carbocycles. The molecule has 0 saturated carbocycles. The van der Waals surface area contributed by atoms with E-state index in [-0.39, 0.29) is 22.8 Å². The summed E-state index contributed by atoms with van der Waals surface area (Å²) in [5.41, 5.74) is -2.58. The first kappa shape index (κ1) is 18.0. The highest BCUT2D eigenvalue weighted by molar-refractivity contribution is 6.34. The number of fused-ring (bicyclic) bond motifs is 1. The normalized spacial score (nSPS) is 11.7. The second kappa shape index (κ2) is 6.49. The number of carbonyl (C=O) groups excluding carboxylic acids is 1. The minimum atomic E-state index is -4.90. The lowest BCUT2D eigenvalue weighted by molar-refractivity contribution is -0.143. The van der Waals surface area contributed by atoms with E-state index in [2.05, 4.69) is 9.84 Å². The van der Waals surface area contributed by atoms with E-state index in [1.54, 1.807) is 0 Å². The van der Waals surface area contributed by atoms with Crippen molar-refractivity contribution in [1.82, 2.24) is 14.2 Å². The highest BCUT2D eigenvalue weighted by Gasteiger charge is 2.41. The number of ether oxygens (including phenoxy) is 1. The number of halogens is 4. The summed E-state index contributed by atoms with van der Waals surface area (Å²) in [6, 6.07) is 5.17. The Balaban J connectivity index is 2.36. The fourth-order valence-corrected chi connectivity index (χ4v) is 2.81. The first-order chi connectivity index (χ1) is 12.3.